The fourth-order valence-corrected chi connectivity index (χ4v) is 1.92. The molecule has 0 spiro atoms. The van der Waals surface area contributed by atoms with Gasteiger partial charge in [-0.05, 0) is 26.8 Å². The predicted molar refractivity (Wildman–Crippen MR) is 73.3 cm³/mol. The van der Waals surface area contributed by atoms with Crippen LogP contribution in [0.1, 0.15) is 30.0 Å². The number of furan rings is 1. The number of rotatable bonds is 9. The van der Waals surface area contributed by atoms with E-state index in [1.807, 2.05) is 19.9 Å². The second kappa shape index (κ2) is 8.32. The third-order valence-electron chi connectivity index (χ3n) is 2.95. The maximum absolute atomic E-state index is 9.77. The van der Waals surface area contributed by atoms with Crippen LogP contribution < -0.4 is 5.32 Å². The molecule has 0 aliphatic carbocycles. The first-order chi connectivity index (χ1) is 9.04. The highest BCUT2D eigenvalue weighted by molar-refractivity contribution is 5.23. The molecule has 0 aliphatic rings. The molecule has 0 bridgehead atoms. The first-order valence-electron chi connectivity index (χ1n) is 6.59. The van der Waals surface area contributed by atoms with Gasteiger partial charge in [0.05, 0.1) is 25.9 Å². The average Bonchev–Trinajstić information content (AvgIpc) is 2.71. The third-order valence-corrected chi connectivity index (χ3v) is 2.95. The Morgan fingerprint density at radius 3 is 2.68 bits per heavy atom. The summed E-state index contributed by atoms with van der Waals surface area (Å²) in [4.78, 5) is 0. The number of aliphatic hydroxyl groups excluding tert-OH is 1. The fourth-order valence-electron chi connectivity index (χ4n) is 1.92. The van der Waals surface area contributed by atoms with E-state index < -0.39 is 6.10 Å². The molecule has 1 rings (SSSR count). The Kier molecular flexibility index (Phi) is 7.09. The third kappa shape index (κ3) is 5.74. The molecule has 5 heteroatoms. The van der Waals surface area contributed by atoms with Gasteiger partial charge in [-0.3, -0.25) is 0 Å². The van der Waals surface area contributed by atoms with Crippen LogP contribution in [0.3, 0.4) is 0 Å². The summed E-state index contributed by atoms with van der Waals surface area (Å²) in [5.74, 6) is 1.83. The van der Waals surface area contributed by atoms with Crippen LogP contribution in [0.2, 0.25) is 0 Å². The number of nitrogens with one attached hydrogen (secondary N) is 1. The molecule has 0 aliphatic heterocycles. The molecule has 0 saturated heterocycles. The van der Waals surface area contributed by atoms with Crippen LogP contribution >= 0.6 is 0 Å². The number of hydrogen-bond acceptors (Lipinski definition) is 5. The Morgan fingerprint density at radius 1 is 1.37 bits per heavy atom. The van der Waals surface area contributed by atoms with Crippen LogP contribution in [0, 0.1) is 13.8 Å². The van der Waals surface area contributed by atoms with Crippen LogP contribution in [0.25, 0.3) is 0 Å². The van der Waals surface area contributed by atoms with Crippen molar-refractivity contribution in [3.05, 3.63) is 23.2 Å². The topological polar surface area (TPSA) is 63.9 Å². The number of aryl methyl sites for hydroxylation is 2. The molecule has 0 aromatic carbocycles. The number of hydrogen-bond donors (Lipinski definition) is 2. The van der Waals surface area contributed by atoms with Crippen molar-refractivity contribution in [2.45, 2.75) is 32.9 Å². The Bertz CT molecular complexity index is 364. The molecule has 0 saturated carbocycles. The highest BCUT2D eigenvalue weighted by Crippen LogP contribution is 2.20. The minimum Gasteiger partial charge on any atom is -0.466 e. The maximum atomic E-state index is 9.77. The van der Waals surface area contributed by atoms with Gasteiger partial charge in [-0.1, -0.05) is 0 Å². The molecule has 110 valence electrons. The molecule has 1 aromatic heterocycles. The lowest BCUT2D eigenvalue weighted by Gasteiger charge is -2.17. The van der Waals surface area contributed by atoms with Gasteiger partial charge in [-0.15, -0.1) is 0 Å². The minimum absolute atomic E-state index is 0.145. The van der Waals surface area contributed by atoms with Crippen molar-refractivity contribution in [1.82, 2.24) is 5.32 Å². The Hall–Kier alpha value is -0.880. The van der Waals surface area contributed by atoms with Gasteiger partial charge in [0.2, 0.25) is 0 Å². The van der Waals surface area contributed by atoms with E-state index in [1.54, 1.807) is 7.11 Å². The summed E-state index contributed by atoms with van der Waals surface area (Å²) < 4.78 is 15.6. The van der Waals surface area contributed by atoms with Crippen molar-refractivity contribution in [3.63, 3.8) is 0 Å². The van der Waals surface area contributed by atoms with Crippen molar-refractivity contribution < 1.29 is 19.0 Å². The molecule has 2 atom stereocenters. The quantitative estimate of drug-likeness (QED) is 0.668. The highest BCUT2D eigenvalue weighted by Gasteiger charge is 2.13. The molecule has 1 aromatic rings. The van der Waals surface area contributed by atoms with E-state index in [0.29, 0.717) is 26.4 Å². The van der Waals surface area contributed by atoms with Gasteiger partial charge in [-0.2, -0.15) is 0 Å². The second-order valence-electron chi connectivity index (χ2n) is 4.72. The molecule has 5 nitrogen and oxygen atoms in total. The zero-order valence-corrected chi connectivity index (χ0v) is 12.2. The Morgan fingerprint density at radius 2 is 2.11 bits per heavy atom. The summed E-state index contributed by atoms with van der Waals surface area (Å²) in [6, 6.07) is 2.17. The summed E-state index contributed by atoms with van der Waals surface area (Å²) >= 11 is 0. The van der Waals surface area contributed by atoms with Gasteiger partial charge in [-0.25, -0.2) is 0 Å². The number of aliphatic hydroxyl groups is 1. The van der Waals surface area contributed by atoms with Gasteiger partial charge < -0.3 is 24.3 Å². The molecule has 1 heterocycles. The van der Waals surface area contributed by atoms with Gasteiger partial charge in [0.1, 0.15) is 11.5 Å². The largest absolute Gasteiger partial charge is 0.466 e. The van der Waals surface area contributed by atoms with Gasteiger partial charge in [0, 0.05) is 25.3 Å². The number of ether oxygens (including phenoxy) is 2. The van der Waals surface area contributed by atoms with Crippen LogP contribution in [0.4, 0.5) is 0 Å². The SMILES string of the molecule is COCCOCC(O)CNC(C)c1cc(C)oc1C. The van der Waals surface area contributed by atoms with Gasteiger partial charge in [0.15, 0.2) is 0 Å². The molecule has 0 fully saturated rings. The first-order valence-corrected chi connectivity index (χ1v) is 6.59. The predicted octanol–water partition coefficient (Wildman–Crippen LogP) is 1.57. The maximum Gasteiger partial charge on any atom is 0.105 e. The molecule has 19 heavy (non-hydrogen) atoms. The van der Waals surface area contributed by atoms with E-state index in [9.17, 15) is 5.11 Å². The molecule has 2 unspecified atom stereocenters. The first kappa shape index (κ1) is 16.2. The molecule has 2 N–H and O–H groups in total. The zero-order chi connectivity index (χ0) is 14.3. The monoisotopic (exact) mass is 271 g/mol. The van der Waals surface area contributed by atoms with E-state index in [0.717, 1.165) is 17.1 Å². The van der Waals surface area contributed by atoms with Crippen molar-refractivity contribution in [2.75, 3.05) is 33.5 Å². The molecular weight excluding hydrogens is 246 g/mol. The normalized spacial score (nSPS) is 14.6. The van der Waals surface area contributed by atoms with Crippen LogP contribution in [-0.4, -0.2) is 44.7 Å². The smallest absolute Gasteiger partial charge is 0.105 e. The van der Waals surface area contributed by atoms with E-state index in [4.69, 9.17) is 13.9 Å². The Labute approximate surface area is 114 Å². The van der Waals surface area contributed by atoms with E-state index in [-0.39, 0.29) is 6.04 Å². The second-order valence-corrected chi connectivity index (χ2v) is 4.72. The zero-order valence-electron chi connectivity index (χ0n) is 12.2. The van der Waals surface area contributed by atoms with Crippen molar-refractivity contribution in [2.24, 2.45) is 0 Å². The summed E-state index contributed by atoms with van der Waals surface area (Å²) in [5.41, 5.74) is 1.13. The molecule has 0 radical (unpaired) electrons. The van der Waals surface area contributed by atoms with Crippen molar-refractivity contribution >= 4 is 0 Å². The summed E-state index contributed by atoms with van der Waals surface area (Å²) in [5, 5.41) is 13.0. The summed E-state index contributed by atoms with van der Waals surface area (Å²) in [6.45, 7) is 7.78. The average molecular weight is 271 g/mol. The minimum atomic E-state index is -0.521. The number of methoxy groups -OCH3 is 1. The summed E-state index contributed by atoms with van der Waals surface area (Å²) in [7, 11) is 1.62. The van der Waals surface area contributed by atoms with Gasteiger partial charge in [0.25, 0.3) is 0 Å². The Balaban J connectivity index is 2.26. The standard InChI is InChI=1S/C14H25NO4/c1-10-7-14(12(3)19-10)11(2)15-8-13(16)9-18-6-5-17-4/h7,11,13,15-16H,5-6,8-9H2,1-4H3. The van der Waals surface area contributed by atoms with E-state index in [2.05, 4.69) is 12.2 Å². The highest BCUT2D eigenvalue weighted by atomic mass is 16.5. The van der Waals surface area contributed by atoms with Crippen molar-refractivity contribution in [3.8, 4) is 0 Å². The summed E-state index contributed by atoms with van der Waals surface area (Å²) in [6.07, 6.45) is -0.521. The fraction of sp³-hybridized carbons (Fsp3) is 0.714. The molecule has 0 amide bonds. The van der Waals surface area contributed by atoms with Gasteiger partial charge >= 0.3 is 0 Å². The lowest BCUT2D eigenvalue weighted by atomic mass is 10.1. The molecular formula is C14H25NO4. The van der Waals surface area contributed by atoms with E-state index in [1.165, 1.54) is 0 Å². The van der Waals surface area contributed by atoms with E-state index >= 15 is 0 Å². The lowest BCUT2D eigenvalue weighted by molar-refractivity contribution is 0.0130. The van der Waals surface area contributed by atoms with Crippen LogP contribution in [0.5, 0.6) is 0 Å². The van der Waals surface area contributed by atoms with Crippen LogP contribution in [0.15, 0.2) is 10.5 Å². The van der Waals surface area contributed by atoms with Crippen molar-refractivity contribution in [1.29, 1.82) is 0 Å². The van der Waals surface area contributed by atoms with Crippen LogP contribution in [-0.2, 0) is 9.47 Å². The lowest BCUT2D eigenvalue weighted by Crippen LogP contribution is -2.32.